The van der Waals surface area contributed by atoms with Gasteiger partial charge in [0.15, 0.2) is 0 Å². The van der Waals surface area contributed by atoms with Crippen molar-refractivity contribution >= 4 is 5.91 Å². The largest absolute Gasteiger partial charge is 0.507 e. The Kier molecular flexibility index (Phi) is 3.99. The molecule has 0 aliphatic heterocycles. The minimum absolute atomic E-state index is 0.0897. The number of nitrogens with one attached hydrogen (secondary N) is 1. The van der Waals surface area contributed by atoms with Gasteiger partial charge in [-0.05, 0) is 27.5 Å². The summed E-state index contributed by atoms with van der Waals surface area (Å²) in [6.07, 6.45) is 0.0897. The Labute approximate surface area is 115 Å². The smallest absolute Gasteiger partial charge is 0.242 e. The molecule has 0 bridgehead atoms. The molecule has 3 nitrogen and oxygen atoms in total. The molecule has 0 aromatic heterocycles. The van der Waals surface area contributed by atoms with E-state index in [0.717, 1.165) is 16.7 Å². The summed E-state index contributed by atoms with van der Waals surface area (Å²) in [4.78, 5) is 11.0. The maximum absolute atomic E-state index is 11.0. The van der Waals surface area contributed by atoms with Crippen LogP contribution in [0.25, 0.3) is 0 Å². The Morgan fingerprint density at radius 3 is 1.68 bits per heavy atom. The maximum atomic E-state index is 11.0. The van der Waals surface area contributed by atoms with E-state index in [0.29, 0.717) is 5.75 Å². The molecule has 105 valence electrons. The summed E-state index contributed by atoms with van der Waals surface area (Å²) in [6.45, 7) is 12.2. The van der Waals surface area contributed by atoms with E-state index >= 15 is 0 Å². The number of carbonyl (C=O) groups excluding carboxylic acids is 1. The molecular formula is C16H24NO2. The van der Waals surface area contributed by atoms with E-state index in [1.165, 1.54) is 0 Å². The monoisotopic (exact) mass is 262 g/mol. The Morgan fingerprint density at radius 2 is 1.42 bits per heavy atom. The molecule has 1 amide bonds. The first kappa shape index (κ1) is 15.5. The fraction of sp³-hybridized carbons (Fsp3) is 0.562. The van der Waals surface area contributed by atoms with Crippen LogP contribution in [0.4, 0.5) is 0 Å². The van der Waals surface area contributed by atoms with Gasteiger partial charge in [-0.15, -0.1) is 0 Å². The molecule has 0 aliphatic carbocycles. The summed E-state index contributed by atoms with van der Waals surface area (Å²) in [6, 6.07) is 3.69. The molecular weight excluding hydrogens is 238 g/mol. The Hall–Kier alpha value is -1.51. The number of aromatic hydroxyl groups is 1. The summed E-state index contributed by atoms with van der Waals surface area (Å²) in [5, 5.41) is 10.5. The van der Waals surface area contributed by atoms with Crippen molar-refractivity contribution in [1.29, 1.82) is 0 Å². The first-order valence-electron chi connectivity index (χ1n) is 6.54. The number of benzene rings is 1. The maximum Gasteiger partial charge on any atom is 0.242 e. The standard InChI is InChI=1S/C16H24NO2/c1-15(2,3)11-7-10(9-13(17)18)8-12(14(11)19)16(4,5)6/h7-8,17,19H,9H2,1-6H3. The van der Waals surface area contributed by atoms with E-state index < -0.39 is 5.91 Å². The zero-order valence-electron chi connectivity index (χ0n) is 12.7. The van der Waals surface area contributed by atoms with Crippen LogP contribution in [-0.4, -0.2) is 11.0 Å². The molecule has 1 radical (unpaired) electrons. The van der Waals surface area contributed by atoms with Crippen molar-refractivity contribution in [1.82, 2.24) is 5.73 Å². The zero-order valence-corrected chi connectivity index (χ0v) is 12.7. The third-order valence-corrected chi connectivity index (χ3v) is 3.15. The molecule has 0 saturated carbocycles. The minimum atomic E-state index is -0.606. The molecule has 0 heterocycles. The lowest BCUT2D eigenvalue weighted by Gasteiger charge is -2.28. The van der Waals surface area contributed by atoms with Gasteiger partial charge in [0.2, 0.25) is 5.91 Å². The molecule has 0 saturated heterocycles. The van der Waals surface area contributed by atoms with Gasteiger partial charge in [0.1, 0.15) is 5.75 Å². The van der Waals surface area contributed by atoms with Gasteiger partial charge in [0, 0.05) is 0 Å². The summed E-state index contributed by atoms with van der Waals surface area (Å²) in [5.41, 5.74) is 9.17. The number of hydrogen-bond donors (Lipinski definition) is 1. The average molecular weight is 262 g/mol. The molecule has 0 spiro atoms. The predicted molar refractivity (Wildman–Crippen MR) is 77.3 cm³/mol. The van der Waals surface area contributed by atoms with E-state index in [2.05, 4.69) is 0 Å². The van der Waals surface area contributed by atoms with Crippen molar-refractivity contribution in [3.8, 4) is 5.75 Å². The third-order valence-electron chi connectivity index (χ3n) is 3.15. The first-order valence-corrected chi connectivity index (χ1v) is 6.54. The number of phenols is 1. The van der Waals surface area contributed by atoms with Crippen LogP contribution in [0.5, 0.6) is 5.75 Å². The Bertz CT molecular complexity index is 455. The lowest BCUT2D eigenvalue weighted by atomic mass is 9.78. The number of rotatable bonds is 2. The van der Waals surface area contributed by atoms with E-state index in [-0.39, 0.29) is 17.3 Å². The van der Waals surface area contributed by atoms with E-state index in [4.69, 9.17) is 5.73 Å². The van der Waals surface area contributed by atoms with Crippen LogP contribution in [0.2, 0.25) is 0 Å². The summed E-state index contributed by atoms with van der Waals surface area (Å²) >= 11 is 0. The second kappa shape index (κ2) is 4.87. The van der Waals surface area contributed by atoms with Crippen molar-refractivity contribution in [2.75, 3.05) is 0 Å². The van der Waals surface area contributed by atoms with Crippen LogP contribution >= 0.6 is 0 Å². The predicted octanol–water partition coefficient (Wildman–Crippen LogP) is 3.34. The molecule has 0 fully saturated rings. The Morgan fingerprint density at radius 1 is 1.05 bits per heavy atom. The van der Waals surface area contributed by atoms with E-state index in [1.54, 1.807) is 0 Å². The van der Waals surface area contributed by atoms with Crippen molar-refractivity contribution in [2.45, 2.75) is 58.8 Å². The zero-order chi connectivity index (χ0) is 15.0. The van der Waals surface area contributed by atoms with Gasteiger partial charge in [-0.3, -0.25) is 10.5 Å². The fourth-order valence-electron chi connectivity index (χ4n) is 2.13. The van der Waals surface area contributed by atoms with Gasteiger partial charge in [-0.1, -0.05) is 53.7 Å². The highest BCUT2D eigenvalue weighted by Gasteiger charge is 2.26. The topological polar surface area (TPSA) is 61.1 Å². The molecule has 0 aliphatic rings. The van der Waals surface area contributed by atoms with Crippen molar-refractivity contribution in [3.63, 3.8) is 0 Å². The summed E-state index contributed by atoms with van der Waals surface area (Å²) < 4.78 is 0. The first-order chi connectivity index (χ1) is 8.43. The van der Waals surface area contributed by atoms with Gasteiger partial charge in [-0.2, -0.15) is 0 Å². The molecule has 1 rings (SSSR count). The van der Waals surface area contributed by atoms with Crippen LogP contribution in [-0.2, 0) is 22.0 Å². The van der Waals surface area contributed by atoms with Crippen LogP contribution in [0.15, 0.2) is 12.1 Å². The van der Waals surface area contributed by atoms with E-state index in [9.17, 15) is 9.90 Å². The molecule has 3 heteroatoms. The SMILES string of the molecule is CC(C)(C)c1cc(CC([NH])=O)cc(C(C)(C)C)c1O. The molecule has 0 unspecified atom stereocenters. The second-order valence-electron chi connectivity index (χ2n) is 7.14. The second-order valence-corrected chi connectivity index (χ2v) is 7.14. The van der Waals surface area contributed by atoms with Gasteiger partial charge in [0.05, 0.1) is 6.42 Å². The fourth-order valence-corrected chi connectivity index (χ4v) is 2.13. The van der Waals surface area contributed by atoms with Gasteiger partial charge in [-0.25, -0.2) is 0 Å². The molecule has 1 aromatic carbocycles. The van der Waals surface area contributed by atoms with Gasteiger partial charge < -0.3 is 5.11 Å². The van der Waals surface area contributed by atoms with Crippen molar-refractivity contribution < 1.29 is 9.90 Å². The van der Waals surface area contributed by atoms with Gasteiger partial charge >= 0.3 is 0 Å². The molecule has 2 N–H and O–H groups in total. The number of phenolic OH excluding ortho intramolecular Hbond substituents is 1. The van der Waals surface area contributed by atoms with Crippen LogP contribution in [0.3, 0.4) is 0 Å². The normalized spacial score (nSPS) is 12.5. The summed E-state index contributed by atoms with van der Waals surface area (Å²) in [7, 11) is 0. The lowest BCUT2D eigenvalue weighted by Crippen LogP contribution is -2.18. The van der Waals surface area contributed by atoms with Crippen LogP contribution in [0, 0.1) is 0 Å². The highest BCUT2D eigenvalue weighted by Crippen LogP contribution is 2.39. The lowest BCUT2D eigenvalue weighted by molar-refractivity contribution is -0.118. The molecule has 0 atom stereocenters. The van der Waals surface area contributed by atoms with E-state index in [1.807, 2.05) is 53.7 Å². The van der Waals surface area contributed by atoms with Crippen molar-refractivity contribution in [2.24, 2.45) is 0 Å². The molecule has 19 heavy (non-hydrogen) atoms. The number of hydrogen-bond acceptors (Lipinski definition) is 2. The highest BCUT2D eigenvalue weighted by atomic mass is 16.3. The minimum Gasteiger partial charge on any atom is -0.507 e. The number of carbonyl (C=O) groups is 1. The van der Waals surface area contributed by atoms with Crippen molar-refractivity contribution in [3.05, 3.63) is 28.8 Å². The quantitative estimate of drug-likeness (QED) is 0.888. The third kappa shape index (κ3) is 3.72. The molecule has 1 aromatic rings. The summed E-state index contributed by atoms with van der Waals surface area (Å²) in [5.74, 6) is -0.299. The highest BCUT2D eigenvalue weighted by molar-refractivity contribution is 5.76. The Balaban J connectivity index is 3.52. The van der Waals surface area contributed by atoms with Gasteiger partial charge in [0.25, 0.3) is 0 Å². The average Bonchev–Trinajstić information content (AvgIpc) is 2.16. The number of amides is 1. The van der Waals surface area contributed by atoms with Crippen LogP contribution < -0.4 is 5.73 Å². The van der Waals surface area contributed by atoms with Crippen LogP contribution in [0.1, 0.15) is 58.2 Å².